The molecule has 0 radical (unpaired) electrons. The minimum atomic E-state index is -3.92. The van der Waals surface area contributed by atoms with Crippen LogP contribution < -0.4 is 52.1 Å². The summed E-state index contributed by atoms with van der Waals surface area (Å²) in [6.07, 6.45) is 2.18. The van der Waals surface area contributed by atoms with Crippen LogP contribution >= 0.6 is 0 Å². The molecule has 4 aromatic rings. The molecule has 2 aromatic heterocycles. The Bertz CT molecular complexity index is 2390. The van der Waals surface area contributed by atoms with Crippen molar-refractivity contribution in [1.82, 2.24) is 19.1 Å². The van der Waals surface area contributed by atoms with E-state index in [1.165, 1.54) is 21.5 Å². The van der Waals surface area contributed by atoms with E-state index in [4.69, 9.17) is 23.1 Å². The van der Waals surface area contributed by atoms with E-state index in [-0.39, 0.29) is 47.2 Å². The van der Waals surface area contributed by atoms with Crippen molar-refractivity contribution in [3.8, 4) is 0 Å². The molecule has 0 bridgehead atoms. The van der Waals surface area contributed by atoms with Gasteiger partial charge in [0.2, 0.25) is 0 Å². The standard InChI is InChI=1S/C22H30N2O7S.C21H28N2O5.Na.H2O/c1-5-12-22(6-2)18(29-14-16-10-8-7-9-11-16)17(31-32(4,27)28)20(30-22)24-13-15(3)19(25)23-21(24)26;1-4-11-21(5-2)17(27-13-15-9-7-6-8-10-15)16(24)19(28-21)23-12-14(3)18(25)22-20(23)26;;/h7-11,13,17-18,20H,5-6,12,14H2,1-4H3,(H,23,25,26);6-10,12,16-17,19,24H,4-5,11,13H2,1-3H3,(H,22,25,26);;1H2/q;;+1;/p-1/t17-,18?,20+,22-;16-,17?,19-,21+;;/m01../s1. The summed E-state index contributed by atoms with van der Waals surface area (Å²) in [7, 11) is -3.92. The van der Waals surface area contributed by atoms with Crippen molar-refractivity contribution in [2.24, 2.45) is 0 Å². The molecule has 0 aliphatic carbocycles. The summed E-state index contributed by atoms with van der Waals surface area (Å²) >= 11 is 0. The van der Waals surface area contributed by atoms with Crippen molar-refractivity contribution in [1.29, 1.82) is 0 Å². The van der Waals surface area contributed by atoms with Gasteiger partial charge in [-0.25, -0.2) is 9.59 Å². The molecule has 2 aliphatic heterocycles. The first-order valence-electron chi connectivity index (χ1n) is 20.4. The first-order chi connectivity index (χ1) is 28.5. The number of aliphatic hydroxyl groups is 1. The molecule has 0 spiro atoms. The summed E-state index contributed by atoms with van der Waals surface area (Å²) in [4.78, 5) is 53.0. The van der Waals surface area contributed by atoms with Crippen LogP contribution in [0, 0.1) is 13.8 Å². The van der Waals surface area contributed by atoms with E-state index in [0.717, 1.165) is 30.2 Å². The zero-order valence-corrected chi connectivity index (χ0v) is 39.6. The Kier molecular flexibility index (Phi) is 19.5. The van der Waals surface area contributed by atoms with Crippen LogP contribution in [0.25, 0.3) is 0 Å². The normalized spacial score (nSPS) is 25.6. The van der Waals surface area contributed by atoms with Crippen LogP contribution in [0.4, 0.5) is 0 Å². The predicted octanol–water partition coefficient (Wildman–Crippen LogP) is 1.35. The number of ether oxygens (including phenoxy) is 4. The van der Waals surface area contributed by atoms with Crippen molar-refractivity contribution >= 4 is 10.1 Å². The maximum absolute atomic E-state index is 12.6. The molecular formula is C43H59N4NaO13S. The Hall–Kier alpha value is -3.53. The first kappa shape index (κ1) is 52.8. The first-order valence-corrected chi connectivity index (χ1v) is 22.2. The molecule has 4 heterocycles. The van der Waals surface area contributed by atoms with Gasteiger partial charge in [-0.15, -0.1) is 0 Å². The van der Waals surface area contributed by atoms with Crippen molar-refractivity contribution in [2.45, 2.75) is 141 Å². The van der Waals surface area contributed by atoms with Gasteiger partial charge in [-0.05, 0) is 50.7 Å². The van der Waals surface area contributed by atoms with Gasteiger partial charge in [-0.3, -0.25) is 32.9 Å². The number of aromatic nitrogens is 4. The summed E-state index contributed by atoms with van der Waals surface area (Å²) in [5.74, 6) is 0. The molecule has 17 nitrogen and oxygen atoms in total. The predicted molar refractivity (Wildman–Crippen MR) is 226 cm³/mol. The van der Waals surface area contributed by atoms with E-state index in [2.05, 4.69) is 9.97 Å². The monoisotopic (exact) mass is 894 g/mol. The molecule has 2 aromatic carbocycles. The molecule has 19 heteroatoms. The number of benzene rings is 2. The molecule has 6 rings (SSSR count). The molecule has 2 saturated heterocycles. The van der Waals surface area contributed by atoms with Crippen LogP contribution in [-0.2, 0) is 46.5 Å². The molecule has 8 atom stereocenters. The number of aliphatic hydroxyl groups excluding tert-OH is 1. The maximum Gasteiger partial charge on any atom is 1.00 e. The number of rotatable bonds is 16. The Morgan fingerprint density at radius 2 is 1.10 bits per heavy atom. The molecule has 0 amide bonds. The average molecular weight is 895 g/mol. The summed E-state index contributed by atoms with van der Waals surface area (Å²) in [5, 5.41) is 11.1. The van der Waals surface area contributed by atoms with E-state index in [0.29, 0.717) is 37.9 Å². The summed E-state index contributed by atoms with van der Waals surface area (Å²) in [5.41, 5.74) is -1.30. The molecule has 336 valence electrons. The van der Waals surface area contributed by atoms with Gasteiger partial charge in [-0.1, -0.05) is 101 Å². The molecule has 2 fully saturated rings. The minimum absolute atomic E-state index is 0. The largest absolute Gasteiger partial charge is 1.00 e. The topological polar surface area (TPSA) is 240 Å². The smallest absolute Gasteiger partial charge is 0.870 e. The Morgan fingerprint density at radius 3 is 1.52 bits per heavy atom. The van der Waals surface area contributed by atoms with E-state index in [9.17, 15) is 32.7 Å². The van der Waals surface area contributed by atoms with Crippen molar-refractivity contribution in [3.05, 3.63) is 137 Å². The van der Waals surface area contributed by atoms with Crippen LogP contribution in [0.15, 0.2) is 92.2 Å². The SMILES string of the molecule is CCC[C@]1(CC)O[C@@H](n2cc(C)c(=O)[nH]c2=O)[C@@H](OS(C)(=O)=O)C1OCc1ccccc1.CCC[C@]1(CC)O[C@@H](n2cc(C)c(=O)[nH]c2=O)[C@H](O)C1OCc1ccccc1.[Na+].[OH-]. The summed E-state index contributed by atoms with van der Waals surface area (Å²) in [6.45, 7) is 11.7. The second-order valence-electron chi connectivity index (χ2n) is 15.5. The van der Waals surface area contributed by atoms with Crippen molar-refractivity contribution in [2.75, 3.05) is 6.26 Å². The summed E-state index contributed by atoms with van der Waals surface area (Å²) < 4.78 is 57.3. The third-order valence-corrected chi connectivity index (χ3v) is 11.7. The second-order valence-corrected chi connectivity index (χ2v) is 17.1. The van der Waals surface area contributed by atoms with Crippen molar-refractivity contribution < 1.29 is 71.7 Å². The fourth-order valence-corrected chi connectivity index (χ4v) is 8.74. The number of H-pyrrole nitrogens is 2. The Morgan fingerprint density at radius 1 is 0.694 bits per heavy atom. The minimum Gasteiger partial charge on any atom is -0.870 e. The number of nitrogens with zero attached hydrogens (tertiary/aromatic N) is 2. The molecular weight excluding hydrogens is 836 g/mol. The van der Waals surface area contributed by atoms with E-state index in [1.54, 1.807) is 13.8 Å². The van der Waals surface area contributed by atoms with Crippen LogP contribution in [0.3, 0.4) is 0 Å². The van der Waals surface area contributed by atoms with Gasteiger partial charge in [-0.2, -0.15) is 8.42 Å². The molecule has 62 heavy (non-hydrogen) atoms. The zero-order valence-electron chi connectivity index (χ0n) is 36.7. The molecule has 4 N–H and O–H groups in total. The average Bonchev–Trinajstić information content (AvgIpc) is 3.66. The van der Waals surface area contributed by atoms with Gasteiger partial charge in [0.1, 0.15) is 18.3 Å². The van der Waals surface area contributed by atoms with Crippen LogP contribution in [0.2, 0.25) is 0 Å². The quantitative estimate of drug-likeness (QED) is 0.107. The van der Waals surface area contributed by atoms with Gasteiger partial charge in [0.15, 0.2) is 18.6 Å². The summed E-state index contributed by atoms with van der Waals surface area (Å²) in [6, 6.07) is 19.2. The van der Waals surface area contributed by atoms with Crippen LogP contribution in [0.5, 0.6) is 0 Å². The van der Waals surface area contributed by atoms with Gasteiger partial charge >= 0.3 is 40.9 Å². The number of aromatic amines is 2. The Labute approximate surface area is 383 Å². The van der Waals surface area contributed by atoms with Crippen LogP contribution in [0.1, 0.15) is 101 Å². The van der Waals surface area contributed by atoms with E-state index in [1.807, 2.05) is 88.4 Å². The number of nitrogens with one attached hydrogen (secondary N) is 2. The fraction of sp³-hybridized carbons (Fsp3) is 0.535. The second kappa shape index (κ2) is 22.9. The zero-order chi connectivity index (χ0) is 43.8. The van der Waals surface area contributed by atoms with Gasteiger partial charge < -0.3 is 29.5 Å². The van der Waals surface area contributed by atoms with Gasteiger partial charge in [0.25, 0.3) is 21.2 Å². The van der Waals surface area contributed by atoms with E-state index < -0.39 is 80.7 Å². The van der Waals surface area contributed by atoms with Gasteiger partial charge in [0.05, 0.1) is 30.7 Å². The third kappa shape index (κ3) is 12.2. The van der Waals surface area contributed by atoms with Gasteiger partial charge in [0, 0.05) is 23.5 Å². The van der Waals surface area contributed by atoms with Crippen molar-refractivity contribution in [3.63, 3.8) is 0 Å². The molecule has 0 saturated carbocycles. The van der Waals surface area contributed by atoms with E-state index >= 15 is 0 Å². The third-order valence-electron chi connectivity index (χ3n) is 11.1. The maximum atomic E-state index is 12.6. The fourth-order valence-electron chi connectivity index (χ4n) is 8.14. The van der Waals surface area contributed by atoms with Crippen LogP contribution in [-0.4, -0.2) is 80.0 Å². The number of aryl methyl sites for hydroxylation is 2. The Balaban J connectivity index is 0.000000323. The number of hydrogen-bond acceptors (Lipinski definition) is 13. The molecule has 2 aliphatic rings. The molecule has 2 unspecified atom stereocenters. The number of hydrogen-bond donors (Lipinski definition) is 3.